The molecule has 3 saturated heterocycles. The van der Waals surface area contributed by atoms with Crippen molar-refractivity contribution in [2.75, 3.05) is 86.9 Å². The Morgan fingerprint density at radius 3 is 2.33 bits per heavy atom. The van der Waals surface area contributed by atoms with Crippen LogP contribution in [0.3, 0.4) is 0 Å². The monoisotopic (exact) mass is 741 g/mol. The summed E-state index contributed by atoms with van der Waals surface area (Å²) in [6, 6.07) is 11.6. The number of rotatable bonds is 11. The zero-order valence-corrected chi connectivity index (χ0v) is 29.4. The molecule has 1 unspecified atom stereocenters. The molecule has 278 valence electrons. The van der Waals surface area contributed by atoms with Crippen LogP contribution in [-0.4, -0.2) is 123 Å². The Morgan fingerprint density at radius 2 is 1.65 bits per heavy atom. The number of aromatic nitrogens is 1. The number of aliphatic carboxylic acids is 1. The molecule has 7 rings (SSSR count). The molecule has 2 atom stereocenters. The number of fused-ring (bicyclic) bond motifs is 1. The highest BCUT2D eigenvalue weighted by molar-refractivity contribution is 7.90. The van der Waals surface area contributed by atoms with Crippen molar-refractivity contribution < 1.29 is 36.3 Å². The van der Waals surface area contributed by atoms with Crippen LogP contribution >= 0.6 is 0 Å². The number of hydrogen-bond donors (Lipinski definition) is 3. The summed E-state index contributed by atoms with van der Waals surface area (Å²) in [6.07, 6.45) is 2.40. The summed E-state index contributed by atoms with van der Waals surface area (Å²) in [5, 5.41) is 12.1. The molecule has 3 aromatic rings. The molecule has 3 N–H and O–H groups in total. The maximum atomic E-state index is 15.7. The number of likely N-dealkylation sites (tertiary alicyclic amines) is 1. The third-order valence-electron chi connectivity index (χ3n) is 10.6. The van der Waals surface area contributed by atoms with E-state index in [1.54, 1.807) is 12.3 Å². The van der Waals surface area contributed by atoms with Crippen LogP contribution in [0.25, 0.3) is 11.1 Å². The number of piperazine rings is 1. The Labute approximate surface area is 300 Å². The first-order chi connectivity index (χ1) is 24.9. The lowest BCUT2D eigenvalue weighted by Gasteiger charge is -2.39. The Balaban J connectivity index is 0.989. The fraction of sp³-hybridized carbons (Fsp3) is 0.472. The van der Waals surface area contributed by atoms with Crippen LogP contribution in [0.15, 0.2) is 48.7 Å². The molecule has 2 aromatic carbocycles. The second kappa shape index (κ2) is 15.0. The minimum absolute atomic E-state index is 0.0173. The second-order valence-corrected chi connectivity index (χ2v) is 15.7. The maximum Gasteiger partial charge on any atom is 0.317 e. The van der Waals surface area contributed by atoms with E-state index in [2.05, 4.69) is 24.8 Å². The number of carbonyl (C=O) groups excluding carboxylic acids is 1. The van der Waals surface area contributed by atoms with E-state index in [9.17, 15) is 22.4 Å². The van der Waals surface area contributed by atoms with Gasteiger partial charge in [0.15, 0.2) is 11.6 Å². The van der Waals surface area contributed by atoms with Gasteiger partial charge < -0.3 is 15.3 Å². The molecule has 5 heterocycles. The predicted molar refractivity (Wildman–Crippen MR) is 191 cm³/mol. The summed E-state index contributed by atoms with van der Waals surface area (Å²) < 4.78 is 72.8. The molecule has 0 saturated carbocycles. The first-order valence-corrected chi connectivity index (χ1v) is 19.1. The maximum absolute atomic E-state index is 15.7. The van der Waals surface area contributed by atoms with Crippen molar-refractivity contribution in [1.29, 1.82) is 0 Å². The standard InChI is InChI=1S/C36H42F3N7O5S/c37-26-9-12-46(21-26)52(50,51)42-31-6-5-30(38)33(34(31)39)35(49)29-19-41-36-28(29)17-25(18-40-36)24-1-3-27(4-2-24)45-15-13-44(14-16-45)20-23-7-10-43(11-8-23)22-32(47)48/h1-6,17-18,23,26,29,42H,7-16,19-22H2,(H,40,41)(H,47,48)/t26-,29?/m1/s1. The van der Waals surface area contributed by atoms with Gasteiger partial charge in [-0.2, -0.15) is 12.7 Å². The minimum atomic E-state index is -4.32. The van der Waals surface area contributed by atoms with Crippen LogP contribution in [0.2, 0.25) is 0 Å². The number of nitrogens with zero attached hydrogens (tertiary/aromatic N) is 5. The first-order valence-electron chi connectivity index (χ1n) is 17.6. The summed E-state index contributed by atoms with van der Waals surface area (Å²) in [5.74, 6) is -4.06. The number of halogens is 3. The zero-order chi connectivity index (χ0) is 36.6. The van der Waals surface area contributed by atoms with Crippen molar-refractivity contribution in [1.82, 2.24) is 19.1 Å². The molecule has 52 heavy (non-hydrogen) atoms. The highest BCUT2D eigenvalue weighted by atomic mass is 32.2. The molecule has 0 spiro atoms. The van der Waals surface area contributed by atoms with E-state index in [1.165, 1.54) is 0 Å². The molecular formula is C36H42F3N7O5S. The van der Waals surface area contributed by atoms with Gasteiger partial charge in [0.05, 0.1) is 23.7 Å². The van der Waals surface area contributed by atoms with Gasteiger partial charge in [-0.1, -0.05) is 12.1 Å². The minimum Gasteiger partial charge on any atom is -0.480 e. The Morgan fingerprint density at radius 1 is 0.923 bits per heavy atom. The molecule has 16 heteroatoms. The normalized spacial score (nSPS) is 21.9. The average molecular weight is 742 g/mol. The number of Topliss-reactive ketones (excluding diaryl/α,β-unsaturated/α-hetero) is 1. The van der Waals surface area contributed by atoms with E-state index in [0.29, 0.717) is 17.3 Å². The van der Waals surface area contributed by atoms with Gasteiger partial charge in [0.1, 0.15) is 17.8 Å². The van der Waals surface area contributed by atoms with Crippen LogP contribution in [0.5, 0.6) is 0 Å². The van der Waals surface area contributed by atoms with Gasteiger partial charge in [-0.25, -0.2) is 18.2 Å². The number of benzene rings is 2. The van der Waals surface area contributed by atoms with Crippen LogP contribution in [0.4, 0.5) is 30.4 Å². The smallest absolute Gasteiger partial charge is 0.317 e. The van der Waals surface area contributed by atoms with Crippen molar-refractivity contribution in [3.63, 3.8) is 0 Å². The van der Waals surface area contributed by atoms with E-state index < -0.39 is 56.9 Å². The van der Waals surface area contributed by atoms with E-state index in [1.807, 2.05) is 29.2 Å². The molecule has 1 aromatic heterocycles. The van der Waals surface area contributed by atoms with Gasteiger partial charge in [0.2, 0.25) is 0 Å². The molecule has 0 radical (unpaired) electrons. The number of hydrogen-bond acceptors (Lipinski definition) is 9. The van der Waals surface area contributed by atoms with E-state index in [4.69, 9.17) is 5.11 Å². The average Bonchev–Trinajstić information content (AvgIpc) is 3.77. The van der Waals surface area contributed by atoms with Crippen molar-refractivity contribution in [3.05, 3.63) is 71.4 Å². The van der Waals surface area contributed by atoms with Crippen LogP contribution < -0.4 is 14.9 Å². The number of alkyl halides is 1. The summed E-state index contributed by atoms with van der Waals surface area (Å²) in [4.78, 5) is 36.0. The molecule has 3 fully saturated rings. The topological polar surface area (TPSA) is 138 Å². The van der Waals surface area contributed by atoms with Crippen molar-refractivity contribution in [2.24, 2.45) is 5.92 Å². The highest BCUT2D eigenvalue weighted by Gasteiger charge is 2.36. The fourth-order valence-corrected chi connectivity index (χ4v) is 8.94. The molecule has 0 aliphatic carbocycles. The van der Waals surface area contributed by atoms with Crippen LogP contribution in [0.1, 0.15) is 41.1 Å². The fourth-order valence-electron chi connectivity index (χ4n) is 7.67. The van der Waals surface area contributed by atoms with Gasteiger partial charge in [-0.3, -0.25) is 24.1 Å². The largest absolute Gasteiger partial charge is 0.480 e. The van der Waals surface area contributed by atoms with Crippen LogP contribution in [-0.2, 0) is 15.0 Å². The second-order valence-electron chi connectivity index (χ2n) is 14.0. The molecule has 12 nitrogen and oxygen atoms in total. The summed E-state index contributed by atoms with van der Waals surface area (Å²) in [5.41, 5.74) is 1.69. The Hall–Kier alpha value is -4.25. The number of nitrogens with one attached hydrogen (secondary N) is 2. The quantitative estimate of drug-likeness (QED) is 0.247. The lowest BCUT2D eigenvalue weighted by Crippen LogP contribution is -2.49. The molecule has 0 amide bonds. The number of anilines is 3. The van der Waals surface area contributed by atoms with E-state index >= 15 is 8.78 Å². The van der Waals surface area contributed by atoms with Gasteiger partial charge in [0.25, 0.3) is 0 Å². The van der Waals surface area contributed by atoms with E-state index in [-0.39, 0.29) is 32.6 Å². The third kappa shape index (κ3) is 7.75. The SMILES string of the molecule is O=C(O)CN1CCC(CN2CCN(c3ccc(-c4cnc5c(c4)C(C(=O)c4c(F)ccc(NS(=O)(=O)N6CC[C@@H](F)C6)c4F)CN5)cc3)CC2)CC1. The third-order valence-corrected chi connectivity index (χ3v) is 12.1. The predicted octanol–water partition coefficient (Wildman–Crippen LogP) is 4.04. The van der Waals surface area contributed by atoms with Crippen molar-refractivity contribution in [2.45, 2.75) is 31.4 Å². The summed E-state index contributed by atoms with van der Waals surface area (Å²) >= 11 is 0. The van der Waals surface area contributed by atoms with Gasteiger partial charge in [-0.15, -0.1) is 0 Å². The zero-order valence-electron chi connectivity index (χ0n) is 28.6. The van der Waals surface area contributed by atoms with Gasteiger partial charge in [0, 0.05) is 75.4 Å². The first kappa shape index (κ1) is 36.1. The van der Waals surface area contributed by atoms with Gasteiger partial charge >= 0.3 is 16.2 Å². The van der Waals surface area contributed by atoms with E-state index in [0.717, 1.165) is 91.9 Å². The number of carbonyl (C=O) groups is 2. The molecular weight excluding hydrogens is 700 g/mol. The number of carboxylic acids is 1. The molecule has 0 bridgehead atoms. The lowest BCUT2D eigenvalue weighted by molar-refractivity contribution is -0.138. The van der Waals surface area contributed by atoms with Crippen LogP contribution in [0, 0.1) is 17.6 Å². The summed E-state index contributed by atoms with van der Waals surface area (Å²) in [6.45, 7) is 6.08. The molecule has 4 aliphatic rings. The molecule has 4 aliphatic heterocycles. The number of ketones is 1. The number of carboxylic acid groups (broad SMARTS) is 1. The summed E-state index contributed by atoms with van der Waals surface area (Å²) in [7, 11) is -4.32. The number of pyridine rings is 1. The lowest BCUT2D eigenvalue weighted by atomic mass is 9.91. The highest BCUT2D eigenvalue weighted by Crippen LogP contribution is 2.37. The number of piperidine rings is 1. The Kier molecular flexibility index (Phi) is 10.4. The van der Waals surface area contributed by atoms with Gasteiger partial charge in [-0.05, 0) is 74.2 Å². The van der Waals surface area contributed by atoms with Crippen molar-refractivity contribution >= 4 is 39.2 Å². The van der Waals surface area contributed by atoms with Crippen molar-refractivity contribution in [3.8, 4) is 11.1 Å². The Bertz CT molecular complexity index is 1920.